The molecule has 0 bridgehead atoms. The van der Waals surface area contributed by atoms with E-state index in [1.165, 1.54) is 17.3 Å². The maximum absolute atomic E-state index is 12.5. The van der Waals surface area contributed by atoms with Gasteiger partial charge in [0.25, 0.3) is 0 Å². The van der Waals surface area contributed by atoms with Gasteiger partial charge in [-0.05, 0) is 31.5 Å². The second-order valence-electron chi connectivity index (χ2n) is 7.38. The van der Waals surface area contributed by atoms with Gasteiger partial charge in [0.1, 0.15) is 10.6 Å². The van der Waals surface area contributed by atoms with E-state index in [-0.39, 0.29) is 17.3 Å². The van der Waals surface area contributed by atoms with Gasteiger partial charge in [0.15, 0.2) is 5.16 Å². The van der Waals surface area contributed by atoms with Crippen molar-refractivity contribution in [3.63, 3.8) is 0 Å². The van der Waals surface area contributed by atoms with Gasteiger partial charge in [0.2, 0.25) is 5.91 Å². The zero-order chi connectivity index (χ0) is 19.9. The third kappa shape index (κ3) is 3.72. The quantitative estimate of drug-likeness (QED) is 0.515. The van der Waals surface area contributed by atoms with Crippen LogP contribution in [0.3, 0.4) is 0 Å². The van der Waals surface area contributed by atoms with Crippen molar-refractivity contribution in [3.05, 3.63) is 40.8 Å². The Morgan fingerprint density at radius 1 is 1.32 bits per heavy atom. The number of anilines is 2. The molecule has 3 aromatic rings. The average molecular weight is 415 g/mol. The van der Waals surface area contributed by atoms with E-state index in [1.807, 2.05) is 30.3 Å². The van der Waals surface area contributed by atoms with Gasteiger partial charge in [-0.2, -0.15) is 0 Å². The Labute approximate surface area is 172 Å². The molecule has 2 aromatic heterocycles. The molecular formula is C20H22N4O2S2. The number of rotatable bonds is 4. The van der Waals surface area contributed by atoms with Crippen LogP contribution in [0.15, 0.2) is 35.5 Å². The summed E-state index contributed by atoms with van der Waals surface area (Å²) in [6.45, 7) is 4.73. The molecule has 4 rings (SSSR count). The molecule has 3 heterocycles. The van der Waals surface area contributed by atoms with E-state index in [2.05, 4.69) is 23.8 Å². The van der Waals surface area contributed by atoms with Crippen molar-refractivity contribution in [1.29, 1.82) is 0 Å². The van der Waals surface area contributed by atoms with Crippen LogP contribution in [0.4, 0.5) is 11.5 Å². The zero-order valence-electron chi connectivity index (χ0n) is 16.1. The van der Waals surface area contributed by atoms with Gasteiger partial charge >= 0.3 is 0 Å². The molecule has 6 nitrogen and oxygen atoms in total. The maximum atomic E-state index is 12.5. The normalized spacial score (nSPS) is 15.4. The summed E-state index contributed by atoms with van der Waals surface area (Å²) in [7, 11) is 1.77. The van der Waals surface area contributed by atoms with E-state index >= 15 is 0 Å². The van der Waals surface area contributed by atoms with E-state index < -0.39 is 0 Å². The Morgan fingerprint density at radius 3 is 2.82 bits per heavy atom. The van der Waals surface area contributed by atoms with Gasteiger partial charge < -0.3 is 15.4 Å². The van der Waals surface area contributed by atoms with E-state index in [0.717, 1.165) is 27.2 Å². The first kappa shape index (κ1) is 19.2. The fourth-order valence-electron chi connectivity index (χ4n) is 3.24. The van der Waals surface area contributed by atoms with Crippen LogP contribution < -0.4 is 10.6 Å². The van der Waals surface area contributed by atoms with Gasteiger partial charge in [0.05, 0.1) is 23.3 Å². The molecule has 28 heavy (non-hydrogen) atoms. The lowest BCUT2D eigenvalue weighted by Gasteiger charge is -2.30. The minimum absolute atomic E-state index is 0.0147. The SMILES string of the molecule is CN(C(=O)CSc1nc(N)c2c3c(sc2n1)COC(C)(C)C3)c1ccccc1. The van der Waals surface area contributed by atoms with Crippen LogP contribution in [0.25, 0.3) is 10.2 Å². The molecule has 146 valence electrons. The Morgan fingerprint density at radius 2 is 2.07 bits per heavy atom. The third-order valence-electron chi connectivity index (χ3n) is 4.78. The summed E-state index contributed by atoms with van der Waals surface area (Å²) in [4.78, 5) is 25.3. The Hall–Kier alpha value is -2.16. The maximum Gasteiger partial charge on any atom is 0.237 e. The number of ether oxygens (including phenoxy) is 1. The van der Waals surface area contributed by atoms with Crippen LogP contribution in [0, 0.1) is 0 Å². The summed E-state index contributed by atoms with van der Waals surface area (Å²) in [5, 5.41) is 1.46. The number of nitrogens with zero attached hydrogens (tertiary/aromatic N) is 3. The molecule has 1 aliphatic rings. The predicted molar refractivity (Wildman–Crippen MR) is 115 cm³/mol. The molecule has 0 atom stereocenters. The highest BCUT2D eigenvalue weighted by Gasteiger charge is 2.30. The van der Waals surface area contributed by atoms with Gasteiger partial charge in [0, 0.05) is 24.0 Å². The topological polar surface area (TPSA) is 81.3 Å². The van der Waals surface area contributed by atoms with Crippen LogP contribution in [-0.4, -0.2) is 34.3 Å². The number of fused-ring (bicyclic) bond motifs is 3. The van der Waals surface area contributed by atoms with E-state index in [1.54, 1.807) is 23.3 Å². The molecular weight excluding hydrogens is 392 g/mol. The van der Waals surface area contributed by atoms with Crippen LogP contribution in [-0.2, 0) is 22.6 Å². The molecule has 0 spiro atoms. The highest BCUT2D eigenvalue weighted by atomic mass is 32.2. The number of carbonyl (C=O) groups excluding carboxylic acids is 1. The number of thioether (sulfide) groups is 1. The first-order valence-electron chi connectivity index (χ1n) is 9.00. The minimum atomic E-state index is -0.213. The van der Waals surface area contributed by atoms with Crippen molar-refractivity contribution in [2.24, 2.45) is 0 Å². The van der Waals surface area contributed by atoms with Gasteiger partial charge in [-0.15, -0.1) is 11.3 Å². The molecule has 8 heteroatoms. The van der Waals surface area contributed by atoms with Gasteiger partial charge in [-0.25, -0.2) is 9.97 Å². The summed E-state index contributed by atoms with van der Waals surface area (Å²) >= 11 is 2.91. The summed E-state index contributed by atoms with van der Waals surface area (Å²) in [6.07, 6.45) is 0.794. The summed E-state index contributed by atoms with van der Waals surface area (Å²) < 4.78 is 5.90. The minimum Gasteiger partial charge on any atom is -0.383 e. The number of benzene rings is 1. The molecule has 0 unspecified atom stereocenters. The summed E-state index contributed by atoms with van der Waals surface area (Å²) in [5.74, 6) is 0.711. The molecule has 1 aromatic carbocycles. The van der Waals surface area contributed by atoms with Crippen LogP contribution >= 0.6 is 23.1 Å². The molecule has 0 saturated heterocycles. The lowest BCUT2D eigenvalue weighted by atomic mass is 9.94. The van der Waals surface area contributed by atoms with Crippen molar-refractivity contribution in [3.8, 4) is 0 Å². The Kier molecular flexibility index (Phi) is 5.03. The van der Waals surface area contributed by atoms with Crippen LogP contribution in [0.5, 0.6) is 0 Å². The second kappa shape index (κ2) is 7.35. The molecule has 0 saturated carbocycles. The lowest BCUT2D eigenvalue weighted by Crippen LogP contribution is -2.31. The number of para-hydroxylation sites is 1. The highest BCUT2D eigenvalue weighted by molar-refractivity contribution is 7.99. The van der Waals surface area contributed by atoms with Crippen molar-refractivity contribution in [2.75, 3.05) is 23.4 Å². The monoisotopic (exact) mass is 414 g/mol. The first-order valence-corrected chi connectivity index (χ1v) is 10.8. The van der Waals surface area contributed by atoms with Crippen molar-refractivity contribution < 1.29 is 9.53 Å². The number of nitrogen functional groups attached to an aromatic ring is 1. The number of nitrogens with two attached hydrogens (primary N) is 1. The van der Waals surface area contributed by atoms with E-state index in [0.29, 0.717) is 17.6 Å². The number of carbonyl (C=O) groups is 1. The third-order valence-corrected chi connectivity index (χ3v) is 6.71. The standard InChI is InChI=1S/C20H22N4O2S2/c1-20(2)9-13-14(10-26-20)28-18-16(13)17(21)22-19(23-18)27-11-15(25)24(3)12-7-5-4-6-8-12/h4-8H,9-11H2,1-3H3,(H2,21,22,23). The van der Waals surface area contributed by atoms with Crippen molar-refractivity contribution >= 4 is 50.7 Å². The van der Waals surface area contributed by atoms with Crippen LogP contribution in [0.1, 0.15) is 24.3 Å². The van der Waals surface area contributed by atoms with Gasteiger partial charge in [-0.1, -0.05) is 30.0 Å². The van der Waals surface area contributed by atoms with Crippen molar-refractivity contribution in [2.45, 2.75) is 37.6 Å². The predicted octanol–water partition coefficient (Wildman–Crippen LogP) is 3.88. The highest BCUT2D eigenvalue weighted by Crippen LogP contribution is 2.40. The van der Waals surface area contributed by atoms with Gasteiger partial charge in [-0.3, -0.25) is 4.79 Å². The molecule has 0 fully saturated rings. The fourth-order valence-corrected chi connectivity index (χ4v) is 5.17. The molecule has 1 amide bonds. The fraction of sp³-hybridized carbons (Fsp3) is 0.350. The Bertz CT molecular complexity index is 1030. The molecule has 0 aliphatic carbocycles. The number of amides is 1. The molecule has 2 N–H and O–H groups in total. The van der Waals surface area contributed by atoms with Crippen LogP contribution in [0.2, 0.25) is 0 Å². The largest absolute Gasteiger partial charge is 0.383 e. The number of hydrogen-bond acceptors (Lipinski definition) is 7. The lowest BCUT2D eigenvalue weighted by molar-refractivity contribution is -0.115. The van der Waals surface area contributed by atoms with Crippen molar-refractivity contribution in [1.82, 2.24) is 9.97 Å². The smallest absolute Gasteiger partial charge is 0.237 e. The number of aromatic nitrogens is 2. The zero-order valence-corrected chi connectivity index (χ0v) is 17.7. The van der Waals surface area contributed by atoms with E-state index in [4.69, 9.17) is 10.5 Å². The number of hydrogen-bond donors (Lipinski definition) is 1. The average Bonchev–Trinajstić information content (AvgIpc) is 3.03. The molecule has 0 radical (unpaired) electrons. The second-order valence-corrected chi connectivity index (χ2v) is 9.40. The Balaban J connectivity index is 1.53. The first-order chi connectivity index (χ1) is 13.3. The molecule has 1 aliphatic heterocycles. The van der Waals surface area contributed by atoms with E-state index in [9.17, 15) is 4.79 Å². The summed E-state index contributed by atoms with van der Waals surface area (Å²) in [5.41, 5.74) is 8.12. The summed E-state index contributed by atoms with van der Waals surface area (Å²) in [6, 6.07) is 9.56. The number of thiophene rings is 1.